The van der Waals surface area contributed by atoms with Gasteiger partial charge in [-0.05, 0) is 23.8 Å². The van der Waals surface area contributed by atoms with Gasteiger partial charge in [0.15, 0.2) is 0 Å². The topological polar surface area (TPSA) is 58.3 Å². The summed E-state index contributed by atoms with van der Waals surface area (Å²) in [6.45, 7) is 3.99. The molecule has 21 heavy (non-hydrogen) atoms. The number of pyridine rings is 2. The Balaban J connectivity index is 1.72. The Morgan fingerprint density at radius 1 is 1.00 bits per heavy atom. The van der Waals surface area contributed by atoms with Crippen molar-refractivity contribution in [1.82, 2.24) is 9.97 Å². The quantitative estimate of drug-likeness (QED) is 0.939. The van der Waals surface area contributed by atoms with Gasteiger partial charge in [0.05, 0.1) is 5.02 Å². The van der Waals surface area contributed by atoms with Crippen molar-refractivity contribution in [1.29, 1.82) is 0 Å². The van der Waals surface area contributed by atoms with Gasteiger partial charge in [0.1, 0.15) is 11.6 Å². The number of rotatable bonds is 3. The molecule has 6 heteroatoms. The van der Waals surface area contributed by atoms with Gasteiger partial charge in [-0.2, -0.15) is 0 Å². The van der Waals surface area contributed by atoms with Crippen LogP contribution >= 0.6 is 11.6 Å². The highest BCUT2D eigenvalue weighted by molar-refractivity contribution is 6.33. The van der Waals surface area contributed by atoms with Crippen LogP contribution in [0.4, 0.5) is 11.6 Å². The third-order valence-corrected chi connectivity index (χ3v) is 4.13. The molecule has 1 saturated heterocycles. The summed E-state index contributed by atoms with van der Waals surface area (Å²) in [5, 5.41) is 0.672. The van der Waals surface area contributed by atoms with Crippen LogP contribution in [0, 0.1) is 0 Å². The summed E-state index contributed by atoms with van der Waals surface area (Å²) in [5.74, 6) is 1.85. The average Bonchev–Trinajstić information content (AvgIpc) is 2.56. The summed E-state index contributed by atoms with van der Waals surface area (Å²) >= 11 is 6.39. The van der Waals surface area contributed by atoms with Gasteiger partial charge in [-0.15, -0.1) is 0 Å². The van der Waals surface area contributed by atoms with Gasteiger partial charge < -0.3 is 15.5 Å². The number of hydrogen-bond donors (Lipinski definition) is 1. The Morgan fingerprint density at radius 2 is 1.76 bits per heavy atom. The number of anilines is 2. The van der Waals surface area contributed by atoms with E-state index in [1.807, 2.05) is 30.5 Å². The maximum Gasteiger partial charge on any atom is 0.147 e. The molecular weight excluding hydrogens is 286 g/mol. The van der Waals surface area contributed by atoms with Crippen LogP contribution in [-0.4, -0.2) is 36.1 Å². The van der Waals surface area contributed by atoms with E-state index in [-0.39, 0.29) is 0 Å². The third kappa shape index (κ3) is 2.94. The molecule has 0 spiro atoms. The Morgan fingerprint density at radius 3 is 2.43 bits per heavy atom. The van der Waals surface area contributed by atoms with E-state index in [0.717, 1.165) is 43.4 Å². The molecule has 110 valence electrons. The molecule has 5 nitrogen and oxygen atoms in total. The first-order valence-electron chi connectivity index (χ1n) is 7.04. The molecule has 3 heterocycles. The van der Waals surface area contributed by atoms with Crippen molar-refractivity contribution in [3.05, 3.63) is 47.2 Å². The van der Waals surface area contributed by atoms with Crippen molar-refractivity contribution >= 4 is 23.2 Å². The molecule has 0 aromatic carbocycles. The Hall–Kier alpha value is -1.85. The minimum absolute atomic E-state index is 0.433. The lowest BCUT2D eigenvalue weighted by Crippen LogP contribution is -2.47. The molecule has 3 rings (SSSR count). The van der Waals surface area contributed by atoms with Crippen LogP contribution in [0.2, 0.25) is 5.02 Å². The average molecular weight is 304 g/mol. The summed E-state index contributed by atoms with van der Waals surface area (Å²) in [5.41, 5.74) is 6.64. The first kappa shape index (κ1) is 14.1. The second-order valence-corrected chi connectivity index (χ2v) is 5.35. The van der Waals surface area contributed by atoms with Crippen molar-refractivity contribution in [3.8, 4) is 0 Å². The number of aromatic nitrogens is 2. The molecule has 0 unspecified atom stereocenters. The van der Waals surface area contributed by atoms with Crippen LogP contribution in [0.25, 0.3) is 0 Å². The van der Waals surface area contributed by atoms with Gasteiger partial charge in [-0.3, -0.25) is 0 Å². The van der Waals surface area contributed by atoms with E-state index >= 15 is 0 Å². The number of hydrogen-bond acceptors (Lipinski definition) is 5. The van der Waals surface area contributed by atoms with E-state index in [1.54, 1.807) is 6.20 Å². The molecule has 1 aliphatic rings. The summed E-state index contributed by atoms with van der Waals surface area (Å²) < 4.78 is 0. The fraction of sp³-hybridized carbons (Fsp3) is 0.333. The molecule has 1 fully saturated rings. The molecule has 0 radical (unpaired) electrons. The molecule has 0 aliphatic carbocycles. The van der Waals surface area contributed by atoms with Crippen LogP contribution < -0.4 is 15.5 Å². The van der Waals surface area contributed by atoms with Crippen LogP contribution in [0.3, 0.4) is 0 Å². The van der Waals surface area contributed by atoms with Crippen LogP contribution in [0.15, 0.2) is 36.7 Å². The molecule has 2 aromatic rings. The smallest absolute Gasteiger partial charge is 0.147 e. The van der Waals surface area contributed by atoms with Gasteiger partial charge in [-0.1, -0.05) is 17.7 Å². The molecule has 0 atom stereocenters. The van der Waals surface area contributed by atoms with Crippen LogP contribution in [-0.2, 0) is 6.54 Å². The van der Waals surface area contributed by atoms with Crippen molar-refractivity contribution in [2.75, 3.05) is 36.0 Å². The molecule has 1 aliphatic heterocycles. The van der Waals surface area contributed by atoms with Crippen LogP contribution in [0.5, 0.6) is 0 Å². The SMILES string of the molecule is NCc1ccnc(N2CCN(c3ccccn3)CC2)c1Cl. The van der Waals surface area contributed by atoms with Crippen molar-refractivity contribution in [2.45, 2.75) is 6.54 Å². The van der Waals surface area contributed by atoms with E-state index in [0.29, 0.717) is 11.6 Å². The first-order chi connectivity index (χ1) is 10.3. The maximum atomic E-state index is 6.39. The molecule has 0 saturated carbocycles. The molecule has 2 N–H and O–H groups in total. The second-order valence-electron chi connectivity index (χ2n) is 4.97. The highest BCUT2D eigenvalue weighted by Gasteiger charge is 2.21. The summed E-state index contributed by atoms with van der Waals surface area (Å²) in [4.78, 5) is 13.3. The van der Waals surface area contributed by atoms with E-state index in [1.165, 1.54) is 0 Å². The first-order valence-corrected chi connectivity index (χ1v) is 7.42. The fourth-order valence-corrected chi connectivity index (χ4v) is 2.85. The predicted octanol–water partition coefficient (Wildman–Crippen LogP) is 1.92. The lowest BCUT2D eigenvalue weighted by molar-refractivity contribution is 0.641. The second kappa shape index (κ2) is 6.28. The summed E-state index contributed by atoms with van der Waals surface area (Å²) in [6, 6.07) is 7.85. The fourth-order valence-electron chi connectivity index (χ4n) is 2.54. The number of halogens is 1. The Labute approximate surface area is 129 Å². The molecule has 0 amide bonds. The predicted molar refractivity (Wildman–Crippen MR) is 85.8 cm³/mol. The lowest BCUT2D eigenvalue weighted by atomic mass is 10.2. The standard InChI is InChI=1S/C15H18ClN5/c16-14-12(11-17)4-6-19-15(14)21-9-7-20(8-10-21)13-3-1-2-5-18-13/h1-6H,7-11,17H2. The minimum Gasteiger partial charge on any atom is -0.353 e. The lowest BCUT2D eigenvalue weighted by Gasteiger charge is -2.36. The van der Waals surface area contributed by atoms with Gasteiger partial charge >= 0.3 is 0 Å². The zero-order valence-electron chi connectivity index (χ0n) is 11.7. The van der Waals surface area contributed by atoms with Gasteiger partial charge in [0.2, 0.25) is 0 Å². The molecule has 2 aromatic heterocycles. The number of nitrogens with zero attached hydrogens (tertiary/aromatic N) is 4. The number of nitrogens with two attached hydrogens (primary N) is 1. The van der Waals surface area contributed by atoms with E-state index in [4.69, 9.17) is 17.3 Å². The summed E-state index contributed by atoms with van der Waals surface area (Å²) in [7, 11) is 0. The monoisotopic (exact) mass is 303 g/mol. The normalized spacial score (nSPS) is 15.3. The highest BCUT2D eigenvalue weighted by atomic mass is 35.5. The zero-order valence-corrected chi connectivity index (χ0v) is 12.5. The molecule has 0 bridgehead atoms. The van der Waals surface area contributed by atoms with Crippen molar-refractivity contribution in [3.63, 3.8) is 0 Å². The Kier molecular flexibility index (Phi) is 4.22. The van der Waals surface area contributed by atoms with E-state index in [9.17, 15) is 0 Å². The van der Waals surface area contributed by atoms with Gasteiger partial charge in [0.25, 0.3) is 0 Å². The van der Waals surface area contributed by atoms with E-state index in [2.05, 4.69) is 19.8 Å². The van der Waals surface area contributed by atoms with Gasteiger partial charge in [-0.25, -0.2) is 9.97 Å². The largest absolute Gasteiger partial charge is 0.353 e. The zero-order chi connectivity index (χ0) is 14.7. The van der Waals surface area contributed by atoms with Crippen molar-refractivity contribution < 1.29 is 0 Å². The van der Waals surface area contributed by atoms with Gasteiger partial charge in [0, 0.05) is 45.1 Å². The van der Waals surface area contributed by atoms with Crippen LogP contribution in [0.1, 0.15) is 5.56 Å². The number of piperazine rings is 1. The van der Waals surface area contributed by atoms with E-state index < -0.39 is 0 Å². The maximum absolute atomic E-state index is 6.39. The highest BCUT2D eigenvalue weighted by Crippen LogP contribution is 2.27. The third-order valence-electron chi connectivity index (χ3n) is 3.72. The van der Waals surface area contributed by atoms with Crippen molar-refractivity contribution in [2.24, 2.45) is 5.73 Å². The summed E-state index contributed by atoms with van der Waals surface area (Å²) in [6.07, 6.45) is 3.60. The molecular formula is C15H18ClN5. The Bertz CT molecular complexity index is 596. The minimum atomic E-state index is 0.433.